The van der Waals surface area contributed by atoms with Crippen LogP contribution in [0.3, 0.4) is 0 Å². The Morgan fingerprint density at radius 1 is 1.41 bits per heavy atom. The highest BCUT2D eigenvalue weighted by atomic mass is 35.5. The molecule has 4 heteroatoms. The third-order valence-corrected chi connectivity index (χ3v) is 3.99. The molecule has 1 aromatic carbocycles. The minimum atomic E-state index is 0.179. The van der Waals surface area contributed by atoms with Crippen molar-refractivity contribution in [3.63, 3.8) is 0 Å². The first-order chi connectivity index (χ1) is 8.24. The van der Waals surface area contributed by atoms with Gasteiger partial charge in [-0.1, -0.05) is 19.1 Å². The van der Waals surface area contributed by atoms with E-state index in [4.69, 9.17) is 16.0 Å². The SMILES string of the molecule is CC1CCN(c2nc3ccccc3o2)CC1Cl. The van der Waals surface area contributed by atoms with Crippen LogP contribution in [0.25, 0.3) is 11.1 Å². The lowest BCUT2D eigenvalue weighted by Gasteiger charge is -2.32. The van der Waals surface area contributed by atoms with Gasteiger partial charge in [0.1, 0.15) is 5.52 Å². The first-order valence-corrected chi connectivity index (χ1v) is 6.42. The number of oxazole rings is 1. The molecule has 17 heavy (non-hydrogen) atoms. The summed E-state index contributed by atoms with van der Waals surface area (Å²) in [5.41, 5.74) is 1.75. The normalized spacial score (nSPS) is 25.4. The molecule has 3 rings (SSSR count). The molecule has 0 N–H and O–H groups in total. The van der Waals surface area contributed by atoms with Crippen LogP contribution in [0.5, 0.6) is 0 Å². The zero-order valence-corrected chi connectivity index (χ0v) is 10.5. The summed E-state index contributed by atoms with van der Waals surface area (Å²) in [6, 6.07) is 8.53. The lowest BCUT2D eigenvalue weighted by atomic mass is 9.99. The molecule has 1 saturated heterocycles. The van der Waals surface area contributed by atoms with E-state index in [2.05, 4.69) is 16.8 Å². The highest BCUT2D eigenvalue weighted by Gasteiger charge is 2.26. The molecule has 2 unspecified atom stereocenters. The largest absolute Gasteiger partial charge is 0.423 e. The molecule has 2 heterocycles. The van der Waals surface area contributed by atoms with E-state index in [0.29, 0.717) is 11.9 Å². The maximum atomic E-state index is 6.30. The number of aromatic nitrogens is 1. The van der Waals surface area contributed by atoms with Crippen molar-refractivity contribution in [1.29, 1.82) is 0 Å². The Labute approximate surface area is 105 Å². The third-order valence-electron chi connectivity index (χ3n) is 3.42. The molecular weight excluding hydrogens is 236 g/mol. The zero-order chi connectivity index (χ0) is 11.8. The van der Waals surface area contributed by atoms with E-state index in [-0.39, 0.29) is 5.38 Å². The van der Waals surface area contributed by atoms with Crippen molar-refractivity contribution in [2.75, 3.05) is 18.0 Å². The summed E-state index contributed by atoms with van der Waals surface area (Å²) < 4.78 is 5.75. The molecular formula is C13H15ClN2O. The van der Waals surface area contributed by atoms with Gasteiger partial charge in [0.15, 0.2) is 5.58 Å². The van der Waals surface area contributed by atoms with Crippen LogP contribution in [-0.2, 0) is 0 Å². The van der Waals surface area contributed by atoms with Crippen LogP contribution in [0, 0.1) is 5.92 Å². The van der Waals surface area contributed by atoms with Crippen molar-refractivity contribution < 1.29 is 4.42 Å². The van der Waals surface area contributed by atoms with Crippen LogP contribution in [0.1, 0.15) is 13.3 Å². The van der Waals surface area contributed by atoms with Crippen molar-refractivity contribution in [2.24, 2.45) is 5.92 Å². The highest BCUT2D eigenvalue weighted by molar-refractivity contribution is 6.21. The number of hydrogen-bond acceptors (Lipinski definition) is 3. The summed E-state index contributed by atoms with van der Waals surface area (Å²) >= 11 is 6.30. The van der Waals surface area contributed by atoms with E-state index in [1.807, 2.05) is 24.3 Å². The van der Waals surface area contributed by atoms with Gasteiger partial charge in [0, 0.05) is 13.1 Å². The first kappa shape index (κ1) is 10.9. The second kappa shape index (κ2) is 4.22. The predicted octanol–water partition coefficient (Wildman–Crippen LogP) is 3.28. The van der Waals surface area contributed by atoms with Gasteiger partial charge in [0.05, 0.1) is 5.38 Å². The molecule has 0 saturated carbocycles. The average Bonchev–Trinajstić information content (AvgIpc) is 2.76. The van der Waals surface area contributed by atoms with Crippen molar-refractivity contribution in [3.05, 3.63) is 24.3 Å². The van der Waals surface area contributed by atoms with Gasteiger partial charge in [0.25, 0.3) is 6.01 Å². The van der Waals surface area contributed by atoms with Crippen LogP contribution >= 0.6 is 11.6 Å². The van der Waals surface area contributed by atoms with Crippen LogP contribution in [0.2, 0.25) is 0 Å². The van der Waals surface area contributed by atoms with Gasteiger partial charge in [-0.2, -0.15) is 4.98 Å². The monoisotopic (exact) mass is 250 g/mol. The predicted molar refractivity (Wildman–Crippen MR) is 69.6 cm³/mol. The number of alkyl halides is 1. The second-order valence-corrected chi connectivity index (χ2v) is 5.25. The van der Waals surface area contributed by atoms with E-state index in [0.717, 1.165) is 30.6 Å². The quantitative estimate of drug-likeness (QED) is 0.728. The fraction of sp³-hybridized carbons (Fsp3) is 0.462. The number of benzene rings is 1. The van der Waals surface area contributed by atoms with Crippen LogP contribution in [0.15, 0.2) is 28.7 Å². The van der Waals surface area contributed by atoms with Crippen molar-refractivity contribution in [2.45, 2.75) is 18.7 Å². The maximum absolute atomic E-state index is 6.30. The Kier molecular flexibility index (Phi) is 2.71. The second-order valence-electron chi connectivity index (χ2n) is 4.69. The van der Waals surface area contributed by atoms with Gasteiger partial charge in [-0.15, -0.1) is 11.6 Å². The number of halogens is 1. The topological polar surface area (TPSA) is 29.3 Å². The molecule has 2 atom stereocenters. The van der Waals surface area contributed by atoms with Gasteiger partial charge < -0.3 is 9.32 Å². The number of fused-ring (bicyclic) bond motifs is 1. The summed E-state index contributed by atoms with van der Waals surface area (Å²) in [6.45, 7) is 3.98. The molecule has 90 valence electrons. The molecule has 0 spiro atoms. The summed E-state index contributed by atoms with van der Waals surface area (Å²) in [5.74, 6) is 0.567. The Hall–Kier alpha value is -1.22. The molecule has 1 fully saturated rings. The Balaban J connectivity index is 1.88. The molecule has 1 aliphatic heterocycles. The van der Waals surface area contributed by atoms with E-state index < -0.39 is 0 Å². The molecule has 2 aromatic rings. The van der Waals surface area contributed by atoms with Crippen LogP contribution in [0.4, 0.5) is 6.01 Å². The Morgan fingerprint density at radius 3 is 3.00 bits per heavy atom. The molecule has 0 aliphatic carbocycles. The molecule has 0 bridgehead atoms. The van der Waals surface area contributed by atoms with Gasteiger partial charge in [0.2, 0.25) is 0 Å². The Bertz CT molecular complexity index is 492. The fourth-order valence-corrected chi connectivity index (χ4v) is 2.48. The molecule has 0 amide bonds. The number of hydrogen-bond donors (Lipinski definition) is 0. The van der Waals surface area contributed by atoms with E-state index in [1.54, 1.807) is 0 Å². The van der Waals surface area contributed by atoms with Crippen molar-refractivity contribution >= 4 is 28.7 Å². The van der Waals surface area contributed by atoms with E-state index >= 15 is 0 Å². The first-order valence-electron chi connectivity index (χ1n) is 5.98. The third kappa shape index (κ3) is 2.00. The number of nitrogens with zero attached hydrogens (tertiary/aromatic N) is 2. The van der Waals surface area contributed by atoms with Crippen LogP contribution in [-0.4, -0.2) is 23.5 Å². The minimum Gasteiger partial charge on any atom is -0.423 e. The summed E-state index contributed by atoms with van der Waals surface area (Å²) in [7, 11) is 0. The lowest BCUT2D eigenvalue weighted by Crippen LogP contribution is -2.40. The van der Waals surface area contributed by atoms with Gasteiger partial charge >= 0.3 is 0 Å². The number of rotatable bonds is 1. The average molecular weight is 251 g/mol. The number of para-hydroxylation sites is 2. The highest BCUT2D eigenvalue weighted by Crippen LogP contribution is 2.28. The molecule has 3 nitrogen and oxygen atoms in total. The summed E-state index contributed by atoms with van der Waals surface area (Å²) in [5, 5.41) is 0.179. The minimum absolute atomic E-state index is 0.179. The standard InChI is InChI=1S/C13H15ClN2O/c1-9-6-7-16(8-10(9)14)13-15-11-4-2-3-5-12(11)17-13/h2-5,9-10H,6-8H2,1H3. The Morgan fingerprint density at radius 2 is 2.24 bits per heavy atom. The van der Waals surface area contributed by atoms with Crippen molar-refractivity contribution in [3.8, 4) is 0 Å². The van der Waals surface area contributed by atoms with Gasteiger partial charge in [-0.3, -0.25) is 0 Å². The molecule has 1 aromatic heterocycles. The van der Waals surface area contributed by atoms with E-state index in [9.17, 15) is 0 Å². The van der Waals surface area contributed by atoms with Gasteiger partial charge in [-0.25, -0.2) is 0 Å². The zero-order valence-electron chi connectivity index (χ0n) is 9.77. The van der Waals surface area contributed by atoms with E-state index in [1.165, 1.54) is 0 Å². The number of piperidine rings is 1. The van der Waals surface area contributed by atoms with Crippen molar-refractivity contribution in [1.82, 2.24) is 4.98 Å². The summed E-state index contributed by atoms with van der Waals surface area (Å²) in [6.07, 6.45) is 1.09. The number of anilines is 1. The maximum Gasteiger partial charge on any atom is 0.298 e. The van der Waals surface area contributed by atoms with Crippen LogP contribution < -0.4 is 4.90 Å². The fourth-order valence-electron chi connectivity index (χ4n) is 2.19. The van der Waals surface area contributed by atoms with Gasteiger partial charge in [-0.05, 0) is 24.5 Å². The lowest BCUT2D eigenvalue weighted by molar-refractivity contribution is 0.423. The summed E-state index contributed by atoms with van der Waals surface area (Å²) in [4.78, 5) is 6.63. The molecule has 1 aliphatic rings. The molecule has 0 radical (unpaired) electrons. The smallest absolute Gasteiger partial charge is 0.298 e.